The second kappa shape index (κ2) is 16.8. The summed E-state index contributed by atoms with van der Waals surface area (Å²) in [6, 6.07) is 4.38. The van der Waals surface area contributed by atoms with E-state index >= 15 is 0 Å². The first-order valence-corrected chi connectivity index (χ1v) is 13.2. The highest BCUT2D eigenvalue weighted by Gasteiger charge is 2.39. The molecule has 1 aliphatic rings. The van der Waals surface area contributed by atoms with Crippen molar-refractivity contribution in [3.8, 4) is 30.4 Å². The van der Waals surface area contributed by atoms with Gasteiger partial charge < -0.3 is 24.8 Å². The van der Waals surface area contributed by atoms with E-state index in [9.17, 15) is 33.3 Å². The monoisotopic (exact) mass is 562 g/mol. The Morgan fingerprint density at radius 3 is 2.52 bits per heavy atom. The number of rotatable bonds is 15. The Labute approximate surface area is 233 Å². The molecule has 0 saturated heterocycles. The average molecular weight is 563 g/mol. The number of carbonyl (C=O) groups is 1. The van der Waals surface area contributed by atoms with Crippen LogP contribution >= 0.6 is 0 Å². The minimum atomic E-state index is -4.50. The lowest BCUT2D eigenvalue weighted by atomic mass is 9.89. The van der Waals surface area contributed by atoms with E-state index in [2.05, 4.69) is 11.8 Å². The van der Waals surface area contributed by atoms with Crippen molar-refractivity contribution in [1.82, 2.24) is 0 Å². The van der Waals surface area contributed by atoms with E-state index in [1.807, 2.05) is 12.2 Å². The Bertz CT molecular complexity index is 1050. The number of alkyl halides is 3. The zero-order valence-electron chi connectivity index (χ0n) is 22.3. The average Bonchev–Trinajstić information content (AvgIpc) is 3.18. The molecule has 1 unspecified atom stereocenters. The number of aliphatic hydroxyl groups is 3. The van der Waals surface area contributed by atoms with Gasteiger partial charge in [0.05, 0.1) is 24.4 Å². The summed E-state index contributed by atoms with van der Waals surface area (Å²) in [5, 5.41) is 31.0. The van der Waals surface area contributed by atoms with Gasteiger partial charge in [-0.05, 0) is 43.4 Å². The minimum absolute atomic E-state index is 0.0214. The first-order chi connectivity index (χ1) is 19.0. The van der Waals surface area contributed by atoms with E-state index < -0.39 is 36.0 Å². The molecular weight excluding hydrogens is 525 g/mol. The number of ether oxygens (including phenoxy) is 2. The SMILES string of the molecule is C#CCC(CC#C)COC(=O)CCCC=CC[C@@H]1[C@@H](C=CC(O)COc2cccc(C(F)(F)F)c2)[C@H](O)C[C@@H]1O. The van der Waals surface area contributed by atoms with E-state index in [4.69, 9.17) is 22.3 Å². The fraction of sp³-hybridized carbons (Fsp3) is 0.516. The highest BCUT2D eigenvalue weighted by molar-refractivity contribution is 5.69. The number of aliphatic hydroxyl groups excluding tert-OH is 3. The van der Waals surface area contributed by atoms with E-state index in [0.717, 1.165) is 12.1 Å². The van der Waals surface area contributed by atoms with Gasteiger partial charge >= 0.3 is 12.1 Å². The van der Waals surface area contributed by atoms with Crippen molar-refractivity contribution in [2.45, 2.75) is 69.4 Å². The Balaban J connectivity index is 1.77. The second-order valence-electron chi connectivity index (χ2n) is 9.87. The number of allylic oxidation sites excluding steroid dienone is 2. The summed E-state index contributed by atoms with van der Waals surface area (Å²) in [5.74, 6) is 3.96. The fourth-order valence-corrected chi connectivity index (χ4v) is 4.50. The van der Waals surface area contributed by atoms with E-state index in [1.165, 1.54) is 18.2 Å². The predicted molar refractivity (Wildman–Crippen MR) is 145 cm³/mol. The van der Waals surface area contributed by atoms with Crippen LogP contribution in [0.3, 0.4) is 0 Å². The van der Waals surface area contributed by atoms with Gasteiger partial charge in [0.25, 0.3) is 0 Å². The number of unbranched alkanes of at least 4 members (excludes halogenated alkanes) is 1. The molecule has 0 heterocycles. The zero-order chi connectivity index (χ0) is 29.5. The molecule has 0 amide bonds. The van der Waals surface area contributed by atoms with Gasteiger partial charge in [0.2, 0.25) is 0 Å². The summed E-state index contributed by atoms with van der Waals surface area (Å²) < 4.78 is 49.1. The molecule has 0 aromatic heterocycles. The summed E-state index contributed by atoms with van der Waals surface area (Å²) in [6.07, 6.45) is 13.3. The van der Waals surface area contributed by atoms with Gasteiger partial charge in [-0.2, -0.15) is 13.2 Å². The number of carbonyl (C=O) groups excluding carboxylic acids is 1. The number of hydrogen-bond donors (Lipinski definition) is 3. The first-order valence-electron chi connectivity index (χ1n) is 13.2. The molecule has 0 bridgehead atoms. The molecule has 5 atom stereocenters. The van der Waals surface area contributed by atoms with Crippen molar-refractivity contribution in [2.24, 2.45) is 17.8 Å². The Morgan fingerprint density at radius 2 is 1.85 bits per heavy atom. The maximum atomic E-state index is 12.8. The van der Waals surface area contributed by atoms with Gasteiger partial charge in [-0.25, -0.2) is 0 Å². The van der Waals surface area contributed by atoms with E-state index in [1.54, 1.807) is 6.08 Å². The molecular formula is C31H37F3O6. The van der Waals surface area contributed by atoms with Gasteiger partial charge in [0.1, 0.15) is 18.5 Å². The van der Waals surface area contributed by atoms with Crippen LogP contribution < -0.4 is 4.74 Å². The van der Waals surface area contributed by atoms with E-state index in [-0.39, 0.29) is 49.6 Å². The molecule has 1 aromatic carbocycles. The molecule has 0 aliphatic heterocycles. The van der Waals surface area contributed by atoms with Crippen LogP contribution in [0, 0.1) is 42.4 Å². The van der Waals surface area contributed by atoms with Crippen molar-refractivity contribution in [3.63, 3.8) is 0 Å². The third kappa shape index (κ3) is 11.5. The lowest BCUT2D eigenvalue weighted by molar-refractivity contribution is -0.145. The van der Waals surface area contributed by atoms with Gasteiger partial charge in [-0.3, -0.25) is 4.79 Å². The molecule has 2 rings (SSSR count). The lowest BCUT2D eigenvalue weighted by Gasteiger charge is -2.19. The summed E-state index contributed by atoms with van der Waals surface area (Å²) >= 11 is 0. The second-order valence-corrected chi connectivity index (χ2v) is 9.87. The summed E-state index contributed by atoms with van der Waals surface area (Å²) in [4.78, 5) is 11.9. The summed E-state index contributed by atoms with van der Waals surface area (Å²) in [6.45, 7) is -0.0728. The normalized spacial score (nSPS) is 21.9. The van der Waals surface area contributed by atoms with Crippen molar-refractivity contribution in [3.05, 3.63) is 54.1 Å². The van der Waals surface area contributed by atoms with Crippen molar-refractivity contribution in [2.75, 3.05) is 13.2 Å². The molecule has 1 aromatic rings. The molecule has 9 heteroatoms. The Morgan fingerprint density at radius 1 is 1.12 bits per heavy atom. The minimum Gasteiger partial charge on any atom is -0.491 e. The topological polar surface area (TPSA) is 96.2 Å². The first kappa shape index (κ1) is 33.0. The van der Waals surface area contributed by atoms with Crippen LogP contribution in [0.1, 0.15) is 50.5 Å². The Hall–Kier alpha value is -3.24. The molecule has 1 fully saturated rings. The third-order valence-electron chi connectivity index (χ3n) is 6.67. The molecule has 1 saturated carbocycles. The van der Waals surface area contributed by atoms with Crippen LogP contribution in [0.5, 0.6) is 5.75 Å². The smallest absolute Gasteiger partial charge is 0.416 e. The number of hydrogen-bond acceptors (Lipinski definition) is 6. The van der Waals surface area contributed by atoms with Crippen LogP contribution in [0.4, 0.5) is 13.2 Å². The Kier molecular flexibility index (Phi) is 13.8. The third-order valence-corrected chi connectivity index (χ3v) is 6.67. The highest BCUT2D eigenvalue weighted by Crippen LogP contribution is 2.36. The van der Waals surface area contributed by atoms with Gasteiger partial charge in [0, 0.05) is 37.5 Å². The quantitative estimate of drug-likeness (QED) is 0.124. The summed E-state index contributed by atoms with van der Waals surface area (Å²) in [5.41, 5.74) is -0.848. The number of halogens is 3. The molecule has 0 radical (unpaired) electrons. The van der Waals surface area contributed by atoms with Crippen LogP contribution in [0.25, 0.3) is 0 Å². The van der Waals surface area contributed by atoms with Crippen molar-refractivity contribution >= 4 is 5.97 Å². The highest BCUT2D eigenvalue weighted by atomic mass is 19.4. The predicted octanol–water partition coefficient (Wildman–Crippen LogP) is 4.68. The summed E-state index contributed by atoms with van der Waals surface area (Å²) in [7, 11) is 0. The number of esters is 1. The van der Waals surface area contributed by atoms with Gasteiger partial charge in [0.15, 0.2) is 0 Å². The molecule has 40 heavy (non-hydrogen) atoms. The van der Waals surface area contributed by atoms with Crippen LogP contribution in [-0.4, -0.2) is 52.8 Å². The molecule has 6 nitrogen and oxygen atoms in total. The van der Waals surface area contributed by atoms with Crippen LogP contribution in [0.2, 0.25) is 0 Å². The molecule has 218 valence electrons. The van der Waals surface area contributed by atoms with E-state index in [0.29, 0.717) is 32.1 Å². The number of benzene rings is 1. The zero-order valence-corrected chi connectivity index (χ0v) is 22.3. The van der Waals surface area contributed by atoms with Crippen LogP contribution in [0.15, 0.2) is 48.6 Å². The maximum Gasteiger partial charge on any atom is 0.416 e. The van der Waals surface area contributed by atoms with Gasteiger partial charge in [-0.15, -0.1) is 24.7 Å². The fourth-order valence-electron chi connectivity index (χ4n) is 4.50. The van der Waals surface area contributed by atoms with Crippen molar-refractivity contribution < 1.29 is 42.8 Å². The lowest BCUT2D eigenvalue weighted by Crippen LogP contribution is -2.21. The molecule has 1 aliphatic carbocycles. The van der Waals surface area contributed by atoms with Crippen LogP contribution in [-0.2, 0) is 15.7 Å². The largest absolute Gasteiger partial charge is 0.491 e. The van der Waals surface area contributed by atoms with Gasteiger partial charge in [-0.1, -0.05) is 30.4 Å². The van der Waals surface area contributed by atoms with Crippen molar-refractivity contribution in [1.29, 1.82) is 0 Å². The number of terminal acetylenes is 2. The maximum absolute atomic E-state index is 12.8. The standard InChI is InChI=1S/C31H37F3O6/c1-3-10-22(11-4-2)20-40-30(38)15-8-6-5-7-14-26-27(29(37)19-28(26)36)17-16-24(35)21-39-25-13-9-12-23(18-25)31(32,33)34/h1-2,5,7,9,12-13,16-18,22,24,26-29,35-37H,6,8,10-11,14-15,19-21H2/t24?,26-,27-,28+,29-/m1/s1. The molecule has 3 N–H and O–H groups in total. The molecule has 0 spiro atoms.